The Balaban J connectivity index is 1.75. The standard InChI is InChI=1S/C33H30O5/c1-22-17-19-25(20-18-22)33(32(36)37-2,38-21-23-11-5-3-6-12-23)29-26-15-9-10-16-27(26)31(35)28(29)30(34)24-13-7-4-8-14-24/h3-20,28-29,31,35H,21H2,1-2H3/t28-,29-,31-,33-/m1/s1. The Morgan fingerprint density at radius 1 is 0.789 bits per heavy atom. The van der Waals surface area contributed by atoms with Crippen LogP contribution in [0, 0.1) is 12.8 Å². The highest BCUT2D eigenvalue weighted by molar-refractivity contribution is 6.00. The lowest BCUT2D eigenvalue weighted by molar-refractivity contribution is -0.180. The fraction of sp³-hybridized carbons (Fsp3) is 0.212. The van der Waals surface area contributed by atoms with Gasteiger partial charge in [-0.05, 0) is 29.2 Å². The van der Waals surface area contributed by atoms with Gasteiger partial charge in [-0.3, -0.25) is 4.79 Å². The summed E-state index contributed by atoms with van der Waals surface area (Å²) in [7, 11) is 1.32. The van der Waals surface area contributed by atoms with Gasteiger partial charge in [-0.25, -0.2) is 4.79 Å². The number of fused-ring (bicyclic) bond motifs is 1. The number of aliphatic hydroxyl groups is 1. The number of Topliss-reactive ketones (excluding diaryl/α,β-unsaturated/α-hetero) is 1. The average Bonchev–Trinajstić information content (AvgIpc) is 3.27. The third-order valence-electron chi connectivity index (χ3n) is 7.43. The van der Waals surface area contributed by atoms with Crippen LogP contribution in [0.2, 0.25) is 0 Å². The zero-order valence-corrected chi connectivity index (χ0v) is 21.4. The van der Waals surface area contributed by atoms with Gasteiger partial charge in [0.15, 0.2) is 11.4 Å². The van der Waals surface area contributed by atoms with E-state index in [1.54, 1.807) is 30.3 Å². The van der Waals surface area contributed by atoms with E-state index >= 15 is 0 Å². The number of hydrogen-bond acceptors (Lipinski definition) is 5. The number of aryl methyl sites for hydroxylation is 1. The molecule has 4 aromatic carbocycles. The molecule has 0 saturated heterocycles. The molecule has 192 valence electrons. The van der Waals surface area contributed by atoms with Crippen LogP contribution < -0.4 is 0 Å². The minimum Gasteiger partial charge on any atom is -0.467 e. The summed E-state index contributed by atoms with van der Waals surface area (Å²) < 4.78 is 12.1. The number of hydrogen-bond donors (Lipinski definition) is 1. The van der Waals surface area contributed by atoms with E-state index in [1.165, 1.54) is 7.11 Å². The number of methoxy groups -OCH3 is 1. The van der Waals surface area contributed by atoms with E-state index in [-0.39, 0.29) is 12.4 Å². The quantitative estimate of drug-likeness (QED) is 0.238. The molecule has 0 aromatic heterocycles. The first-order valence-corrected chi connectivity index (χ1v) is 12.7. The summed E-state index contributed by atoms with van der Waals surface area (Å²) in [6.07, 6.45) is -1.13. The monoisotopic (exact) mass is 506 g/mol. The van der Waals surface area contributed by atoms with E-state index in [0.717, 1.165) is 11.1 Å². The summed E-state index contributed by atoms with van der Waals surface area (Å²) in [6, 6.07) is 33.3. The molecule has 1 aliphatic rings. The van der Waals surface area contributed by atoms with Crippen molar-refractivity contribution in [2.45, 2.75) is 31.2 Å². The van der Waals surface area contributed by atoms with Crippen molar-refractivity contribution in [1.82, 2.24) is 0 Å². The number of aliphatic hydroxyl groups excluding tert-OH is 1. The van der Waals surface area contributed by atoms with E-state index in [2.05, 4.69) is 0 Å². The first-order chi connectivity index (χ1) is 18.5. The van der Waals surface area contributed by atoms with Crippen LogP contribution in [0.25, 0.3) is 0 Å². The molecule has 0 unspecified atom stereocenters. The van der Waals surface area contributed by atoms with Crippen LogP contribution in [0.4, 0.5) is 0 Å². The second-order valence-electron chi connectivity index (χ2n) is 9.68. The maximum Gasteiger partial charge on any atom is 0.343 e. The second kappa shape index (κ2) is 10.7. The van der Waals surface area contributed by atoms with E-state index in [1.807, 2.05) is 85.8 Å². The zero-order valence-electron chi connectivity index (χ0n) is 21.4. The van der Waals surface area contributed by atoms with Crippen LogP contribution in [-0.4, -0.2) is 24.0 Å². The van der Waals surface area contributed by atoms with Crippen molar-refractivity contribution in [1.29, 1.82) is 0 Å². The maximum atomic E-state index is 14.1. The molecule has 4 aromatic rings. The van der Waals surface area contributed by atoms with Gasteiger partial charge in [-0.15, -0.1) is 0 Å². The summed E-state index contributed by atoms with van der Waals surface area (Å²) in [5.74, 6) is -2.72. The van der Waals surface area contributed by atoms with E-state index < -0.39 is 29.5 Å². The van der Waals surface area contributed by atoms with Crippen molar-refractivity contribution in [2.24, 2.45) is 5.92 Å². The predicted molar refractivity (Wildman–Crippen MR) is 145 cm³/mol. The summed E-state index contributed by atoms with van der Waals surface area (Å²) in [5, 5.41) is 11.6. The Kier molecular flexibility index (Phi) is 7.23. The predicted octanol–water partition coefficient (Wildman–Crippen LogP) is 5.91. The molecule has 0 fully saturated rings. The second-order valence-corrected chi connectivity index (χ2v) is 9.68. The van der Waals surface area contributed by atoms with Crippen molar-refractivity contribution in [3.05, 3.63) is 143 Å². The first-order valence-electron chi connectivity index (χ1n) is 12.7. The zero-order chi connectivity index (χ0) is 26.7. The van der Waals surface area contributed by atoms with Crippen LogP contribution in [0.3, 0.4) is 0 Å². The highest BCUT2D eigenvalue weighted by atomic mass is 16.6. The number of benzene rings is 4. The molecule has 1 aliphatic carbocycles. The molecule has 0 spiro atoms. The SMILES string of the molecule is COC(=O)[C@@](OCc1ccccc1)(c1ccc(C)cc1)[C@@H]1c2ccccc2[C@@H](O)[C@H]1C(=O)c1ccccc1. The molecular formula is C33H30O5. The third-order valence-corrected chi connectivity index (χ3v) is 7.43. The molecule has 4 atom stereocenters. The normalized spacial score (nSPS) is 19.8. The molecular weight excluding hydrogens is 476 g/mol. The van der Waals surface area contributed by atoms with Crippen LogP contribution in [0.1, 0.15) is 50.2 Å². The Morgan fingerprint density at radius 2 is 1.37 bits per heavy atom. The summed E-state index contributed by atoms with van der Waals surface area (Å²) in [6.45, 7) is 2.07. The Bertz CT molecular complexity index is 1410. The van der Waals surface area contributed by atoms with Gasteiger partial charge in [0, 0.05) is 11.5 Å². The van der Waals surface area contributed by atoms with E-state index in [4.69, 9.17) is 9.47 Å². The minimum atomic E-state index is -1.71. The van der Waals surface area contributed by atoms with Crippen molar-refractivity contribution in [3.63, 3.8) is 0 Å². The first kappa shape index (κ1) is 25.6. The number of esters is 1. The summed E-state index contributed by atoms with van der Waals surface area (Å²) >= 11 is 0. The van der Waals surface area contributed by atoms with Crippen LogP contribution in [0.5, 0.6) is 0 Å². The average molecular weight is 507 g/mol. The van der Waals surface area contributed by atoms with Gasteiger partial charge in [0.1, 0.15) is 0 Å². The lowest BCUT2D eigenvalue weighted by Crippen LogP contribution is -2.48. The smallest absolute Gasteiger partial charge is 0.343 e. The van der Waals surface area contributed by atoms with Crippen molar-refractivity contribution >= 4 is 11.8 Å². The largest absolute Gasteiger partial charge is 0.467 e. The summed E-state index contributed by atoms with van der Waals surface area (Å²) in [4.78, 5) is 28.1. The molecule has 0 saturated carbocycles. The lowest BCUT2D eigenvalue weighted by Gasteiger charge is -2.40. The van der Waals surface area contributed by atoms with Crippen LogP contribution >= 0.6 is 0 Å². The van der Waals surface area contributed by atoms with Gasteiger partial charge in [0.2, 0.25) is 0 Å². The number of ketones is 1. The molecule has 5 heteroatoms. The molecule has 1 N–H and O–H groups in total. The molecule has 0 aliphatic heterocycles. The fourth-order valence-electron chi connectivity index (χ4n) is 5.57. The fourth-order valence-corrected chi connectivity index (χ4v) is 5.57. The highest BCUT2D eigenvalue weighted by Crippen LogP contribution is 2.56. The highest BCUT2D eigenvalue weighted by Gasteiger charge is 2.60. The van der Waals surface area contributed by atoms with Crippen molar-refractivity contribution in [2.75, 3.05) is 7.11 Å². The van der Waals surface area contributed by atoms with Gasteiger partial charge >= 0.3 is 5.97 Å². The minimum absolute atomic E-state index is 0.102. The van der Waals surface area contributed by atoms with Gasteiger partial charge in [0.25, 0.3) is 0 Å². The molecule has 0 radical (unpaired) electrons. The van der Waals surface area contributed by atoms with E-state index in [0.29, 0.717) is 22.3 Å². The Morgan fingerprint density at radius 3 is 2.00 bits per heavy atom. The number of carbonyl (C=O) groups excluding carboxylic acids is 2. The van der Waals surface area contributed by atoms with Crippen molar-refractivity contribution < 1.29 is 24.2 Å². The molecule has 5 nitrogen and oxygen atoms in total. The molecule has 5 rings (SSSR count). The molecule has 0 heterocycles. The van der Waals surface area contributed by atoms with Gasteiger partial charge in [-0.1, -0.05) is 115 Å². The number of rotatable bonds is 8. The molecule has 0 amide bonds. The summed E-state index contributed by atoms with van der Waals surface area (Å²) in [5.41, 5.74) is 2.49. The number of carbonyl (C=O) groups is 2. The van der Waals surface area contributed by atoms with E-state index in [9.17, 15) is 14.7 Å². The van der Waals surface area contributed by atoms with Gasteiger partial charge in [-0.2, -0.15) is 0 Å². The van der Waals surface area contributed by atoms with Gasteiger partial charge in [0.05, 0.1) is 25.7 Å². The Labute approximate surface area is 222 Å². The Hall–Kier alpha value is -4.06. The van der Waals surface area contributed by atoms with Gasteiger partial charge < -0.3 is 14.6 Å². The molecule has 38 heavy (non-hydrogen) atoms. The van der Waals surface area contributed by atoms with Crippen LogP contribution in [0.15, 0.2) is 109 Å². The topological polar surface area (TPSA) is 72.8 Å². The number of ether oxygens (including phenoxy) is 2. The molecule has 0 bridgehead atoms. The lowest BCUT2D eigenvalue weighted by atomic mass is 9.70. The maximum absolute atomic E-state index is 14.1. The third kappa shape index (κ3) is 4.44. The van der Waals surface area contributed by atoms with Crippen LogP contribution in [-0.2, 0) is 26.5 Å². The van der Waals surface area contributed by atoms with Crippen molar-refractivity contribution in [3.8, 4) is 0 Å².